The summed E-state index contributed by atoms with van der Waals surface area (Å²) in [5.41, 5.74) is 2.00. The first kappa shape index (κ1) is 19.0. The molecule has 1 amide bonds. The number of rotatable bonds is 8. The molecule has 0 fully saturated rings. The second-order valence-corrected chi connectivity index (χ2v) is 6.29. The van der Waals surface area contributed by atoms with Gasteiger partial charge in [-0.15, -0.1) is 0 Å². The molecule has 3 unspecified atom stereocenters. The number of aliphatic hydroxyl groups excluding tert-OH is 1. The van der Waals surface area contributed by atoms with Crippen molar-refractivity contribution in [2.24, 2.45) is 0 Å². The van der Waals surface area contributed by atoms with E-state index in [1.807, 2.05) is 68.4 Å². The van der Waals surface area contributed by atoms with Crippen LogP contribution in [0.4, 0.5) is 0 Å². The molecule has 0 aliphatic heterocycles. The van der Waals surface area contributed by atoms with Gasteiger partial charge in [0.1, 0.15) is 5.75 Å². The van der Waals surface area contributed by atoms with Gasteiger partial charge >= 0.3 is 0 Å². The predicted octanol–water partition coefficient (Wildman–Crippen LogP) is 3.30. The number of carbonyl (C=O) groups excluding carboxylic acids is 1. The molecular formula is C21H27NO3. The lowest BCUT2D eigenvalue weighted by atomic mass is 9.94. The number of aliphatic hydroxyl groups is 1. The van der Waals surface area contributed by atoms with Crippen molar-refractivity contribution in [3.8, 4) is 5.75 Å². The summed E-state index contributed by atoms with van der Waals surface area (Å²) in [6.45, 7) is 3.83. The molecular weight excluding hydrogens is 314 g/mol. The number of amides is 1. The van der Waals surface area contributed by atoms with Crippen LogP contribution in [0.25, 0.3) is 0 Å². The summed E-state index contributed by atoms with van der Waals surface area (Å²) in [7, 11) is 1.62. The van der Waals surface area contributed by atoms with Gasteiger partial charge < -0.3 is 15.2 Å². The molecule has 4 heteroatoms. The topological polar surface area (TPSA) is 58.6 Å². The maximum atomic E-state index is 12.6. The van der Waals surface area contributed by atoms with Gasteiger partial charge in [0.2, 0.25) is 5.91 Å². The standard InChI is InChI=1S/C21H27NO3/c1-4-19(17-10-12-18(25-3)13-11-17)21(24)22-15(2)20(23)14-16-8-6-5-7-9-16/h5-13,15,19-20,23H,4,14H2,1-3H3,(H,22,24). The second-order valence-electron chi connectivity index (χ2n) is 6.29. The normalized spacial score (nSPS) is 14.4. The average molecular weight is 341 g/mol. The quantitative estimate of drug-likeness (QED) is 0.774. The van der Waals surface area contributed by atoms with Crippen LogP contribution in [0, 0.1) is 0 Å². The first-order valence-electron chi connectivity index (χ1n) is 8.71. The van der Waals surface area contributed by atoms with Crippen molar-refractivity contribution in [2.75, 3.05) is 7.11 Å². The fourth-order valence-electron chi connectivity index (χ4n) is 2.86. The van der Waals surface area contributed by atoms with Gasteiger partial charge in [-0.3, -0.25) is 4.79 Å². The van der Waals surface area contributed by atoms with Gasteiger partial charge in [-0.2, -0.15) is 0 Å². The number of nitrogens with one attached hydrogen (secondary N) is 1. The molecule has 0 heterocycles. The highest BCUT2D eigenvalue weighted by Gasteiger charge is 2.23. The Hall–Kier alpha value is -2.33. The van der Waals surface area contributed by atoms with Crippen molar-refractivity contribution in [3.63, 3.8) is 0 Å². The van der Waals surface area contributed by atoms with Gasteiger partial charge in [0.05, 0.1) is 25.2 Å². The third-order valence-corrected chi connectivity index (χ3v) is 4.48. The Balaban J connectivity index is 1.97. The second kappa shape index (κ2) is 9.23. The van der Waals surface area contributed by atoms with Crippen LogP contribution in [0.2, 0.25) is 0 Å². The van der Waals surface area contributed by atoms with Gasteiger partial charge in [0, 0.05) is 6.42 Å². The van der Waals surface area contributed by atoms with Crippen molar-refractivity contribution in [1.29, 1.82) is 0 Å². The highest BCUT2D eigenvalue weighted by atomic mass is 16.5. The van der Waals surface area contributed by atoms with E-state index in [-0.39, 0.29) is 17.9 Å². The number of hydrogen-bond donors (Lipinski definition) is 2. The highest BCUT2D eigenvalue weighted by molar-refractivity contribution is 5.83. The van der Waals surface area contributed by atoms with Gasteiger partial charge in [-0.05, 0) is 36.6 Å². The maximum absolute atomic E-state index is 12.6. The zero-order valence-electron chi connectivity index (χ0n) is 15.1. The monoisotopic (exact) mass is 341 g/mol. The summed E-state index contributed by atoms with van der Waals surface area (Å²) in [4.78, 5) is 12.6. The fraction of sp³-hybridized carbons (Fsp3) is 0.381. The minimum atomic E-state index is -0.625. The summed E-state index contributed by atoms with van der Waals surface area (Å²) in [6.07, 6.45) is 0.584. The molecule has 0 bridgehead atoms. The minimum Gasteiger partial charge on any atom is -0.497 e. The number of ether oxygens (including phenoxy) is 1. The Morgan fingerprint density at radius 1 is 1.12 bits per heavy atom. The van der Waals surface area contributed by atoms with Crippen LogP contribution in [0.5, 0.6) is 5.75 Å². The molecule has 2 N–H and O–H groups in total. The van der Waals surface area contributed by atoms with Gasteiger partial charge in [-0.25, -0.2) is 0 Å². The number of carbonyl (C=O) groups is 1. The van der Waals surface area contributed by atoms with Crippen molar-refractivity contribution >= 4 is 5.91 Å². The zero-order valence-corrected chi connectivity index (χ0v) is 15.1. The molecule has 2 rings (SSSR count). The molecule has 25 heavy (non-hydrogen) atoms. The van der Waals surface area contributed by atoms with Crippen LogP contribution in [0.3, 0.4) is 0 Å². The molecule has 134 valence electrons. The van der Waals surface area contributed by atoms with Crippen LogP contribution in [0.15, 0.2) is 54.6 Å². The number of methoxy groups -OCH3 is 1. The molecule has 0 aliphatic carbocycles. The van der Waals surface area contributed by atoms with Crippen LogP contribution in [-0.4, -0.2) is 30.3 Å². The lowest BCUT2D eigenvalue weighted by Gasteiger charge is -2.23. The predicted molar refractivity (Wildman–Crippen MR) is 99.8 cm³/mol. The summed E-state index contributed by atoms with van der Waals surface area (Å²) in [5, 5.41) is 13.3. The molecule has 0 spiro atoms. The molecule has 0 aromatic heterocycles. The van der Waals surface area contributed by atoms with Crippen molar-refractivity contribution < 1.29 is 14.6 Å². The first-order chi connectivity index (χ1) is 12.0. The van der Waals surface area contributed by atoms with E-state index in [4.69, 9.17) is 4.74 Å². The molecule has 4 nitrogen and oxygen atoms in total. The van der Waals surface area contributed by atoms with Gasteiger partial charge in [0.15, 0.2) is 0 Å². The minimum absolute atomic E-state index is 0.0627. The molecule has 0 saturated heterocycles. The molecule has 2 aromatic rings. The summed E-state index contributed by atoms with van der Waals surface area (Å²) >= 11 is 0. The van der Waals surface area contributed by atoms with Gasteiger partial charge in [0.25, 0.3) is 0 Å². The Morgan fingerprint density at radius 2 is 1.76 bits per heavy atom. The van der Waals surface area contributed by atoms with E-state index in [2.05, 4.69) is 5.32 Å². The lowest BCUT2D eigenvalue weighted by molar-refractivity contribution is -0.124. The molecule has 3 atom stereocenters. The SMILES string of the molecule is CCC(C(=O)NC(C)C(O)Cc1ccccc1)c1ccc(OC)cc1. The van der Waals surface area contributed by atoms with Crippen molar-refractivity contribution in [3.05, 3.63) is 65.7 Å². The third kappa shape index (κ3) is 5.33. The molecule has 2 aromatic carbocycles. The lowest BCUT2D eigenvalue weighted by Crippen LogP contribution is -2.44. The summed E-state index contributed by atoms with van der Waals surface area (Å²) < 4.78 is 5.16. The number of benzene rings is 2. The van der Waals surface area contributed by atoms with Crippen molar-refractivity contribution in [2.45, 2.75) is 44.8 Å². The van der Waals surface area contributed by atoms with E-state index in [0.29, 0.717) is 12.8 Å². The Labute approximate surface area is 149 Å². The molecule has 0 aliphatic rings. The smallest absolute Gasteiger partial charge is 0.227 e. The third-order valence-electron chi connectivity index (χ3n) is 4.48. The van der Waals surface area contributed by atoms with Crippen LogP contribution >= 0.6 is 0 Å². The largest absolute Gasteiger partial charge is 0.497 e. The number of hydrogen-bond acceptors (Lipinski definition) is 3. The Bertz CT molecular complexity index is 655. The fourth-order valence-corrected chi connectivity index (χ4v) is 2.86. The van der Waals surface area contributed by atoms with Crippen LogP contribution in [-0.2, 0) is 11.2 Å². The van der Waals surface area contributed by atoms with E-state index >= 15 is 0 Å². The molecule has 0 radical (unpaired) electrons. The van der Waals surface area contributed by atoms with Crippen LogP contribution in [0.1, 0.15) is 37.3 Å². The van der Waals surface area contributed by atoms with E-state index in [1.54, 1.807) is 7.11 Å². The Kier molecular flexibility index (Phi) is 7.02. The van der Waals surface area contributed by atoms with E-state index < -0.39 is 6.10 Å². The maximum Gasteiger partial charge on any atom is 0.227 e. The summed E-state index contributed by atoms with van der Waals surface area (Å²) in [5.74, 6) is 0.468. The van der Waals surface area contributed by atoms with Crippen LogP contribution < -0.4 is 10.1 Å². The van der Waals surface area contributed by atoms with E-state index in [1.165, 1.54) is 0 Å². The van der Waals surface area contributed by atoms with E-state index in [0.717, 1.165) is 16.9 Å². The highest BCUT2D eigenvalue weighted by Crippen LogP contribution is 2.23. The van der Waals surface area contributed by atoms with Crippen molar-refractivity contribution in [1.82, 2.24) is 5.32 Å². The Morgan fingerprint density at radius 3 is 2.32 bits per heavy atom. The van der Waals surface area contributed by atoms with E-state index in [9.17, 15) is 9.90 Å². The average Bonchev–Trinajstić information content (AvgIpc) is 2.63. The zero-order chi connectivity index (χ0) is 18.2. The molecule has 0 saturated carbocycles. The first-order valence-corrected chi connectivity index (χ1v) is 8.71. The summed E-state index contributed by atoms with van der Waals surface area (Å²) in [6, 6.07) is 17.0. The van der Waals surface area contributed by atoms with Gasteiger partial charge in [-0.1, -0.05) is 49.4 Å².